The number of hydrogen-bond donors (Lipinski definition) is 1. The van der Waals surface area contributed by atoms with Crippen molar-refractivity contribution in [2.75, 3.05) is 46.4 Å². The Labute approximate surface area is 184 Å². The maximum Gasteiger partial charge on any atom is 0.193 e. The van der Waals surface area contributed by atoms with Gasteiger partial charge in [0.1, 0.15) is 6.10 Å². The van der Waals surface area contributed by atoms with Crippen LogP contribution < -0.4 is 5.32 Å². The molecule has 1 N–H and O–H groups in total. The molecule has 0 radical (unpaired) electrons. The highest BCUT2D eigenvalue weighted by Crippen LogP contribution is 2.27. The number of nitrogens with zero attached hydrogens (tertiary/aromatic N) is 5. The maximum absolute atomic E-state index is 6.54. The second-order valence-corrected chi connectivity index (χ2v) is 7.85. The standard InChI is InChI=1S/C22H33ClN6O/c1-5-28(6-2)20(18-9-7-8-10-19(18)23)14-25-22(24-3)29-11-12-30-21(16-29)17-13-26-27(4)15-17/h7-10,13,15,20-21H,5-6,11-12,14,16H2,1-4H3,(H,24,25). The molecule has 2 atom stereocenters. The minimum Gasteiger partial charge on any atom is -0.370 e. The summed E-state index contributed by atoms with van der Waals surface area (Å²) in [6.45, 7) is 9.20. The molecule has 2 unspecified atom stereocenters. The van der Waals surface area contributed by atoms with Crippen molar-refractivity contribution in [2.24, 2.45) is 12.0 Å². The molecule has 0 saturated carbocycles. The number of aryl methyl sites for hydroxylation is 1. The summed E-state index contributed by atoms with van der Waals surface area (Å²) in [6.07, 6.45) is 3.88. The zero-order valence-corrected chi connectivity index (χ0v) is 19.1. The summed E-state index contributed by atoms with van der Waals surface area (Å²) < 4.78 is 7.79. The van der Waals surface area contributed by atoms with Crippen LogP contribution in [0.5, 0.6) is 0 Å². The molecule has 2 heterocycles. The molecule has 164 valence electrons. The average Bonchev–Trinajstić information content (AvgIpc) is 3.21. The van der Waals surface area contributed by atoms with Gasteiger partial charge in [-0.05, 0) is 24.7 Å². The van der Waals surface area contributed by atoms with Crippen molar-refractivity contribution in [1.29, 1.82) is 0 Å². The van der Waals surface area contributed by atoms with Gasteiger partial charge in [0.2, 0.25) is 0 Å². The number of rotatable bonds is 7. The minimum atomic E-state index is -0.00635. The van der Waals surface area contributed by atoms with Gasteiger partial charge < -0.3 is 15.0 Å². The summed E-state index contributed by atoms with van der Waals surface area (Å²) >= 11 is 6.54. The van der Waals surface area contributed by atoms with Gasteiger partial charge in [-0.25, -0.2) is 0 Å². The van der Waals surface area contributed by atoms with E-state index < -0.39 is 0 Å². The molecular weight excluding hydrogens is 400 g/mol. The Morgan fingerprint density at radius 2 is 2.13 bits per heavy atom. The first kappa shape index (κ1) is 22.6. The zero-order chi connectivity index (χ0) is 21.5. The van der Waals surface area contributed by atoms with Crippen molar-refractivity contribution in [3.63, 3.8) is 0 Å². The fourth-order valence-corrected chi connectivity index (χ4v) is 4.28. The quantitative estimate of drug-likeness (QED) is 0.538. The van der Waals surface area contributed by atoms with E-state index in [0.29, 0.717) is 6.61 Å². The number of aliphatic imine (C=N–C) groups is 1. The molecule has 1 aromatic carbocycles. The first-order valence-electron chi connectivity index (χ1n) is 10.6. The van der Waals surface area contributed by atoms with Crippen molar-refractivity contribution in [3.05, 3.63) is 52.8 Å². The highest BCUT2D eigenvalue weighted by atomic mass is 35.5. The van der Waals surface area contributed by atoms with Crippen LogP contribution in [0.2, 0.25) is 5.02 Å². The molecule has 1 saturated heterocycles. The third kappa shape index (κ3) is 5.33. The molecule has 1 aliphatic heterocycles. The Bertz CT molecular complexity index is 835. The van der Waals surface area contributed by atoms with Gasteiger partial charge in [0.15, 0.2) is 5.96 Å². The second-order valence-electron chi connectivity index (χ2n) is 7.44. The molecule has 0 amide bonds. The molecule has 2 aromatic rings. The number of aromatic nitrogens is 2. The SMILES string of the molecule is CCN(CC)C(CNC(=NC)N1CCOC(c2cnn(C)c2)C1)c1ccccc1Cl. The number of morpholine rings is 1. The molecule has 0 bridgehead atoms. The van der Waals surface area contributed by atoms with Crippen molar-refractivity contribution in [3.8, 4) is 0 Å². The summed E-state index contributed by atoms with van der Waals surface area (Å²) in [6, 6.07) is 8.27. The summed E-state index contributed by atoms with van der Waals surface area (Å²) in [5.41, 5.74) is 2.23. The molecular formula is C22H33ClN6O. The first-order chi connectivity index (χ1) is 14.6. The average molecular weight is 433 g/mol. The molecule has 0 spiro atoms. The lowest BCUT2D eigenvalue weighted by Gasteiger charge is -2.36. The Hall–Kier alpha value is -2.09. The van der Waals surface area contributed by atoms with E-state index in [1.807, 2.05) is 49.4 Å². The summed E-state index contributed by atoms with van der Waals surface area (Å²) in [7, 11) is 3.76. The third-order valence-electron chi connectivity index (χ3n) is 5.65. The fourth-order valence-electron chi connectivity index (χ4n) is 4.02. The van der Waals surface area contributed by atoms with Crippen molar-refractivity contribution >= 4 is 17.6 Å². The van der Waals surface area contributed by atoms with Crippen LogP contribution in [-0.2, 0) is 11.8 Å². The lowest BCUT2D eigenvalue weighted by molar-refractivity contribution is -0.00813. The van der Waals surface area contributed by atoms with Gasteiger partial charge in [-0.1, -0.05) is 43.6 Å². The Kier molecular flexibility index (Phi) is 8.13. The molecule has 8 heteroatoms. The van der Waals surface area contributed by atoms with E-state index in [1.165, 1.54) is 0 Å². The van der Waals surface area contributed by atoms with Crippen LogP contribution in [0.1, 0.15) is 37.1 Å². The normalized spacial score (nSPS) is 18.7. The van der Waals surface area contributed by atoms with Crippen LogP contribution >= 0.6 is 11.6 Å². The zero-order valence-electron chi connectivity index (χ0n) is 18.4. The summed E-state index contributed by atoms with van der Waals surface area (Å²) in [4.78, 5) is 9.22. The van der Waals surface area contributed by atoms with Crippen LogP contribution in [0, 0.1) is 0 Å². The third-order valence-corrected chi connectivity index (χ3v) is 5.99. The first-order valence-corrected chi connectivity index (χ1v) is 11.0. The predicted octanol–water partition coefficient (Wildman–Crippen LogP) is 3.11. The van der Waals surface area contributed by atoms with E-state index in [1.54, 1.807) is 0 Å². The van der Waals surface area contributed by atoms with Gasteiger partial charge >= 0.3 is 0 Å². The molecule has 7 nitrogen and oxygen atoms in total. The van der Waals surface area contributed by atoms with Gasteiger partial charge in [-0.3, -0.25) is 14.6 Å². The topological polar surface area (TPSA) is 57.9 Å². The molecule has 0 aliphatic carbocycles. The van der Waals surface area contributed by atoms with Gasteiger partial charge in [-0.2, -0.15) is 5.10 Å². The number of guanidine groups is 1. The van der Waals surface area contributed by atoms with E-state index in [-0.39, 0.29) is 12.1 Å². The van der Waals surface area contributed by atoms with E-state index in [2.05, 4.69) is 45.1 Å². The highest BCUT2D eigenvalue weighted by molar-refractivity contribution is 6.31. The number of ether oxygens (including phenoxy) is 1. The van der Waals surface area contributed by atoms with Gasteiger partial charge in [0, 0.05) is 44.0 Å². The molecule has 3 rings (SSSR count). The number of hydrogen-bond acceptors (Lipinski definition) is 4. The smallest absolute Gasteiger partial charge is 0.193 e. The van der Waals surface area contributed by atoms with Crippen LogP contribution in [0.25, 0.3) is 0 Å². The Balaban J connectivity index is 1.71. The van der Waals surface area contributed by atoms with Gasteiger partial charge in [0.05, 0.1) is 25.4 Å². The van der Waals surface area contributed by atoms with Crippen LogP contribution in [0.3, 0.4) is 0 Å². The minimum absolute atomic E-state index is 0.00635. The Morgan fingerprint density at radius 1 is 1.37 bits per heavy atom. The van der Waals surface area contributed by atoms with Crippen LogP contribution in [0.15, 0.2) is 41.7 Å². The van der Waals surface area contributed by atoms with Crippen LogP contribution in [-0.4, -0.2) is 71.9 Å². The highest BCUT2D eigenvalue weighted by Gasteiger charge is 2.26. The van der Waals surface area contributed by atoms with E-state index in [0.717, 1.165) is 54.8 Å². The lowest BCUT2D eigenvalue weighted by atomic mass is 10.0. The lowest BCUT2D eigenvalue weighted by Crippen LogP contribution is -2.50. The van der Waals surface area contributed by atoms with E-state index >= 15 is 0 Å². The maximum atomic E-state index is 6.54. The largest absolute Gasteiger partial charge is 0.370 e. The predicted molar refractivity (Wildman–Crippen MR) is 122 cm³/mol. The molecule has 30 heavy (non-hydrogen) atoms. The van der Waals surface area contributed by atoms with Crippen molar-refractivity contribution in [1.82, 2.24) is 24.9 Å². The summed E-state index contributed by atoms with van der Waals surface area (Å²) in [5.74, 6) is 0.886. The molecule has 1 aromatic heterocycles. The second kappa shape index (κ2) is 10.8. The monoisotopic (exact) mass is 432 g/mol. The van der Waals surface area contributed by atoms with Gasteiger partial charge in [0.25, 0.3) is 0 Å². The van der Waals surface area contributed by atoms with Crippen molar-refractivity contribution in [2.45, 2.75) is 26.0 Å². The molecule has 1 fully saturated rings. The fraction of sp³-hybridized carbons (Fsp3) is 0.545. The van der Waals surface area contributed by atoms with E-state index in [4.69, 9.17) is 16.3 Å². The van der Waals surface area contributed by atoms with Crippen LogP contribution in [0.4, 0.5) is 0 Å². The number of nitrogens with one attached hydrogen (secondary N) is 1. The Morgan fingerprint density at radius 3 is 2.77 bits per heavy atom. The number of benzene rings is 1. The van der Waals surface area contributed by atoms with Crippen molar-refractivity contribution < 1.29 is 4.74 Å². The van der Waals surface area contributed by atoms with E-state index in [9.17, 15) is 0 Å². The summed E-state index contributed by atoms with van der Waals surface area (Å²) in [5, 5.41) is 8.67. The van der Waals surface area contributed by atoms with Gasteiger partial charge in [-0.15, -0.1) is 0 Å². The molecule has 1 aliphatic rings. The number of halogens is 1. The number of likely N-dealkylation sites (N-methyl/N-ethyl adjacent to an activating group) is 1.